The van der Waals surface area contributed by atoms with Crippen LogP contribution in [0.25, 0.3) is 0 Å². The average molecular weight is 209 g/mol. The third-order valence-electron chi connectivity index (χ3n) is 2.34. The van der Waals surface area contributed by atoms with Crippen molar-refractivity contribution in [1.82, 2.24) is 0 Å². The molecular weight excluding hydrogens is 194 g/mol. The van der Waals surface area contributed by atoms with E-state index in [2.05, 4.69) is 4.90 Å². The first kappa shape index (κ1) is 11.3. The lowest BCUT2D eigenvalue weighted by Crippen LogP contribution is -2.21. The molecule has 5 heteroatoms. The molecule has 1 rings (SSSR count). The highest BCUT2D eigenvalue weighted by Crippen LogP contribution is 2.26. The van der Waals surface area contributed by atoms with Gasteiger partial charge in [-0.2, -0.15) is 0 Å². The van der Waals surface area contributed by atoms with E-state index in [1.165, 1.54) is 6.07 Å². The summed E-state index contributed by atoms with van der Waals surface area (Å²) >= 11 is 0. The molecule has 0 aromatic heterocycles. The highest BCUT2D eigenvalue weighted by Gasteiger charge is 2.12. The van der Waals surface area contributed by atoms with Gasteiger partial charge in [0.2, 0.25) is 0 Å². The molecule has 0 radical (unpaired) electrons. The molecule has 2 N–H and O–H groups in total. The molecule has 0 unspecified atom stereocenters. The maximum Gasteiger partial charge on any atom is 0.292 e. The summed E-state index contributed by atoms with van der Waals surface area (Å²) in [6, 6.07) is 4.82. The summed E-state index contributed by atoms with van der Waals surface area (Å²) in [5.74, 6) is 0. The third-order valence-corrected chi connectivity index (χ3v) is 2.34. The minimum absolute atomic E-state index is 0.0362. The van der Waals surface area contributed by atoms with Crippen LogP contribution >= 0.6 is 0 Å². The summed E-state index contributed by atoms with van der Waals surface area (Å²) in [6.45, 7) is 5.77. The third kappa shape index (κ3) is 2.37. The van der Waals surface area contributed by atoms with E-state index in [0.29, 0.717) is 0 Å². The number of rotatable bonds is 4. The van der Waals surface area contributed by atoms with E-state index in [0.717, 1.165) is 18.8 Å². The van der Waals surface area contributed by atoms with E-state index in [-0.39, 0.29) is 11.4 Å². The van der Waals surface area contributed by atoms with Crippen LogP contribution in [0.5, 0.6) is 0 Å². The van der Waals surface area contributed by atoms with Gasteiger partial charge in [0.05, 0.1) is 4.92 Å². The molecular formula is C10H15N3O2. The molecule has 0 fully saturated rings. The maximum atomic E-state index is 10.6. The zero-order valence-corrected chi connectivity index (χ0v) is 8.93. The van der Waals surface area contributed by atoms with Crippen LogP contribution in [-0.2, 0) is 0 Å². The molecule has 0 saturated carbocycles. The van der Waals surface area contributed by atoms with Gasteiger partial charge in [-0.15, -0.1) is 0 Å². The van der Waals surface area contributed by atoms with Gasteiger partial charge in [-0.1, -0.05) is 0 Å². The van der Waals surface area contributed by atoms with E-state index in [1.807, 2.05) is 13.8 Å². The van der Waals surface area contributed by atoms with Gasteiger partial charge >= 0.3 is 0 Å². The Kier molecular flexibility index (Phi) is 3.49. The zero-order valence-electron chi connectivity index (χ0n) is 8.93. The van der Waals surface area contributed by atoms with Crippen LogP contribution in [0.3, 0.4) is 0 Å². The molecule has 0 saturated heterocycles. The summed E-state index contributed by atoms with van der Waals surface area (Å²) in [6.07, 6.45) is 0. The normalized spacial score (nSPS) is 10.0. The molecule has 1 aromatic rings. The predicted molar refractivity (Wildman–Crippen MR) is 61.1 cm³/mol. The quantitative estimate of drug-likeness (QED) is 0.467. The monoisotopic (exact) mass is 209 g/mol. The lowest BCUT2D eigenvalue weighted by atomic mass is 10.2. The Bertz CT molecular complexity index is 362. The Morgan fingerprint density at radius 1 is 1.40 bits per heavy atom. The van der Waals surface area contributed by atoms with Crippen LogP contribution in [0, 0.1) is 10.1 Å². The van der Waals surface area contributed by atoms with Crippen molar-refractivity contribution in [3.05, 3.63) is 28.3 Å². The topological polar surface area (TPSA) is 72.4 Å². The number of nitro benzene ring substituents is 1. The second-order valence-corrected chi connectivity index (χ2v) is 3.17. The van der Waals surface area contributed by atoms with E-state index in [9.17, 15) is 10.1 Å². The SMILES string of the molecule is CCN(CC)c1ccc([N+](=O)[O-])c(N)c1. The first-order valence-corrected chi connectivity index (χ1v) is 4.89. The van der Waals surface area contributed by atoms with Crippen LogP contribution in [0.2, 0.25) is 0 Å². The van der Waals surface area contributed by atoms with Gasteiger partial charge in [-0.25, -0.2) is 0 Å². The van der Waals surface area contributed by atoms with E-state index in [1.54, 1.807) is 12.1 Å². The standard InChI is InChI=1S/C10H15N3O2/c1-3-12(4-2)8-5-6-10(13(14)15)9(11)7-8/h5-7H,3-4,11H2,1-2H3. The molecule has 0 aliphatic rings. The number of nitro groups is 1. The van der Waals surface area contributed by atoms with Crippen molar-refractivity contribution in [1.29, 1.82) is 0 Å². The van der Waals surface area contributed by atoms with Gasteiger partial charge in [-0.3, -0.25) is 10.1 Å². The largest absolute Gasteiger partial charge is 0.393 e. The zero-order chi connectivity index (χ0) is 11.4. The van der Waals surface area contributed by atoms with Crippen molar-refractivity contribution < 1.29 is 4.92 Å². The number of benzene rings is 1. The first-order valence-electron chi connectivity index (χ1n) is 4.89. The highest BCUT2D eigenvalue weighted by molar-refractivity contribution is 5.66. The number of hydrogen-bond acceptors (Lipinski definition) is 4. The lowest BCUT2D eigenvalue weighted by Gasteiger charge is -2.20. The molecule has 15 heavy (non-hydrogen) atoms. The highest BCUT2D eigenvalue weighted by atomic mass is 16.6. The van der Waals surface area contributed by atoms with E-state index >= 15 is 0 Å². The summed E-state index contributed by atoms with van der Waals surface area (Å²) in [7, 11) is 0. The summed E-state index contributed by atoms with van der Waals surface area (Å²) in [5, 5.41) is 10.6. The molecule has 0 bridgehead atoms. The van der Waals surface area contributed by atoms with Gasteiger partial charge in [-0.05, 0) is 26.0 Å². The fraction of sp³-hybridized carbons (Fsp3) is 0.400. The molecule has 1 aromatic carbocycles. The summed E-state index contributed by atoms with van der Waals surface area (Å²) in [4.78, 5) is 12.2. The summed E-state index contributed by atoms with van der Waals surface area (Å²) < 4.78 is 0. The van der Waals surface area contributed by atoms with Gasteiger partial charge in [0.25, 0.3) is 5.69 Å². The van der Waals surface area contributed by atoms with Crippen LogP contribution in [0.1, 0.15) is 13.8 Å². The molecule has 0 spiro atoms. The molecule has 0 atom stereocenters. The number of hydrogen-bond donors (Lipinski definition) is 1. The minimum Gasteiger partial charge on any atom is -0.393 e. The smallest absolute Gasteiger partial charge is 0.292 e. The second-order valence-electron chi connectivity index (χ2n) is 3.17. The Hall–Kier alpha value is -1.78. The van der Waals surface area contributed by atoms with Crippen molar-refractivity contribution in [2.24, 2.45) is 0 Å². The second kappa shape index (κ2) is 4.63. The van der Waals surface area contributed by atoms with Crippen LogP contribution in [0.15, 0.2) is 18.2 Å². The van der Waals surface area contributed by atoms with Crippen molar-refractivity contribution in [2.45, 2.75) is 13.8 Å². The first-order chi connectivity index (χ1) is 7.10. The molecule has 0 aliphatic carbocycles. The van der Waals surface area contributed by atoms with Gasteiger partial charge < -0.3 is 10.6 Å². The van der Waals surface area contributed by atoms with E-state index in [4.69, 9.17) is 5.73 Å². The fourth-order valence-electron chi connectivity index (χ4n) is 1.49. The minimum atomic E-state index is -0.471. The Balaban J connectivity index is 3.05. The Morgan fingerprint density at radius 3 is 2.40 bits per heavy atom. The summed E-state index contributed by atoms with van der Waals surface area (Å²) in [5.41, 5.74) is 6.70. The van der Waals surface area contributed by atoms with Gasteiger partial charge in [0.15, 0.2) is 0 Å². The Morgan fingerprint density at radius 2 is 2.00 bits per heavy atom. The van der Waals surface area contributed by atoms with Crippen LogP contribution in [0.4, 0.5) is 17.1 Å². The average Bonchev–Trinajstić information content (AvgIpc) is 2.19. The molecule has 0 amide bonds. The van der Waals surface area contributed by atoms with Crippen molar-refractivity contribution in [3.8, 4) is 0 Å². The number of anilines is 2. The molecule has 82 valence electrons. The number of nitrogens with zero attached hydrogens (tertiary/aromatic N) is 2. The van der Waals surface area contributed by atoms with Crippen molar-refractivity contribution in [2.75, 3.05) is 23.7 Å². The number of nitrogens with two attached hydrogens (primary N) is 1. The fourth-order valence-corrected chi connectivity index (χ4v) is 1.49. The van der Waals surface area contributed by atoms with Crippen molar-refractivity contribution >= 4 is 17.1 Å². The van der Waals surface area contributed by atoms with Crippen molar-refractivity contribution in [3.63, 3.8) is 0 Å². The Labute approximate surface area is 88.6 Å². The molecule has 0 heterocycles. The van der Waals surface area contributed by atoms with Gasteiger partial charge in [0, 0.05) is 24.8 Å². The van der Waals surface area contributed by atoms with E-state index < -0.39 is 4.92 Å². The molecule has 0 aliphatic heterocycles. The lowest BCUT2D eigenvalue weighted by molar-refractivity contribution is -0.383. The maximum absolute atomic E-state index is 10.6. The van der Waals surface area contributed by atoms with Crippen LogP contribution < -0.4 is 10.6 Å². The number of nitrogen functional groups attached to an aromatic ring is 1. The van der Waals surface area contributed by atoms with Crippen LogP contribution in [-0.4, -0.2) is 18.0 Å². The predicted octanol–water partition coefficient (Wildman–Crippen LogP) is 2.02. The van der Waals surface area contributed by atoms with Gasteiger partial charge in [0.1, 0.15) is 5.69 Å². The molecule has 5 nitrogen and oxygen atoms in total.